The van der Waals surface area contributed by atoms with Gasteiger partial charge in [-0.25, -0.2) is 0 Å². The van der Waals surface area contributed by atoms with Crippen LogP contribution in [0.3, 0.4) is 0 Å². The summed E-state index contributed by atoms with van der Waals surface area (Å²) < 4.78 is 40.0. The summed E-state index contributed by atoms with van der Waals surface area (Å²) in [5, 5.41) is 3.20. The highest BCUT2D eigenvalue weighted by molar-refractivity contribution is 7.99. The molecule has 1 aromatic carbocycles. The van der Waals surface area contributed by atoms with Crippen molar-refractivity contribution >= 4 is 17.4 Å². The van der Waals surface area contributed by atoms with Gasteiger partial charge in [0.2, 0.25) is 0 Å². The zero-order valence-corrected chi connectivity index (χ0v) is 9.77. The summed E-state index contributed by atoms with van der Waals surface area (Å²) in [4.78, 5) is 0. The molecule has 0 bridgehead atoms. The molecule has 0 spiro atoms. The van der Waals surface area contributed by atoms with Gasteiger partial charge in [0.15, 0.2) is 0 Å². The zero-order valence-electron chi connectivity index (χ0n) is 8.96. The molecular weight excluding hydrogens is 251 g/mol. The summed E-state index contributed by atoms with van der Waals surface area (Å²) in [5.74, 6) is 1.90. The monoisotopic (exact) mass is 263 g/mol. The second-order valence-corrected chi connectivity index (χ2v) is 4.93. The van der Waals surface area contributed by atoms with Crippen LogP contribution in [-0.2, 0) is 0 Å². The lowest BCUT2D eigenvalue weighted by Crippen LogP contribution is -2.19. The Kier molecular flexibility index (Phi) is 3.71. The minimum Gasteiger partial charge on any atom is -0.406 e. The Hall–Kier alpha value is -1.04. The van der Waals surface area contributed by atoms with Crippen LogP contribution in [0.4, 0.5) is 18.9 Å². The second-order valence-electron chi connectivity index (χ2n) is 3.78. The van der Waals surface area contributed by atoms with E-state index in [1.165, 1.54) is 12.1 Å². The average Bonchev–Trinajstić information content (AvgIpc) is 2.68. The third kappa shape index (κ3) is 4.03. The number of benzene rings is 1. The number of ether oxygens (including phenoxy) is 1. The molecule has 1 unspecified atom stereocenters. The van der Waals surface area contributed by atoms with Gasteiger partial charge in [0, 0.05) is 23.5 Å². The predicted molar refractivity (Wildman–Crippen MR) is 62.5 cm³/mol. The summed E-state index contributed by atoms with van der Waals surface area (Å²) in [7, 11) is 0. The van der Waals surface area contributed by atoms with Crippen molar-refractivity contribution in [2.24, 2.45) is 0 Å². The van der Waals surface area contributed by atoms with Gasteiger partial charge in [0.05, 0.1) is 0 Å². The number of rotatable bonds is 3. The van der Waals surface area contributed by atoms with Crippen LogP contribution in [0.15, 0.2) is 24.3 Å². The molecule has 1 aliphatic rings. The molecule has 1 saturated heterocycles. The van der Waals surface area contributed by atoms with E-state index in [-0.39, 0.29) is 5.75 Å². The maximum absolute atomic E-state index is 12.0. The van der Waals surface area contributed by atoms with Gasteiger partial charge in [-0.2, -0.15) is 11.8 Å². The van der Waals surface area contributed by atoms with E-state index in [0.717, 1.165) is 17.9 Å². The molecule has 1 heterocycles. The zero-order chi connectivity index (χ0) is 12.3. The van der Waals surface area contributed by atoms with Crippen LogP contribution >= 0.6 is 11.8 Å². The lowest BCUT2D eigenvalue weighted by Gasteiger charge is -2.14. The molecule has 1 atom stereocenters. The van der Waals surface area contributed by atoms with Gasteiger partial charge in [-0.1, -0.05) is 6.07 Å². The Morgan fingerprint density at radius 1 is 1.35 bits per heavy atom. The van der Waals surface area contributed by atoms with Crippen LogP contribution in [0.25, 0.3) is 0 Å². The van der Waals surface area contributed by atoms with E-state index in [2.05, 4.69) is 10.1 Å². The molecule has 0 radical (unpaired) electrons. The van der Waals surface area contributed by atoms with Crippen LogP contribution in [0, 0.1) is 0 Å². The van der Waals surface area contributed by atoms with Gasteiger partial charge >= 0.3 is 6.36 Å². The van der Waals surface area contributed by atoms with Crippen molar-refractivity contribution in [3.63, 3.8) is 0 Å². The van der Waals surface area contributed by atoms with Crippen molar-refractivity contribution in [2.75, 3.05) is 16.8 Å². The summed E-state index contributed by atoms with van der Waals surface area (Å²) in [6.07, 6.45) is -3.60. The molecule has 6 heteroatoms. The normalized spacial score (nSPS) is 20.3. The first-order valence-electron chi connectivity index (χ1n) is 5.23. The Labute approximate surface area is 102 Å². The highest BCUT2D eigenvalue weighted by Crippen LogP contribution is 2.27. The van der Waals surface area contributed by atoms with Crippen LogP contribution in [0.1, 0.15) is 6.42 Å². The minimum atomic E-state index is -4.64. The highest BCUT2D eigenvalue weighted by Gasteiger charge is 2.31. The molecule has 2 nitrogen and oxygen atoms in total. The Morgan fingerprint density at radius 2 is 2.18 bits per heavy atom. The highest BCUT2D eigenvalue weighted by atomic mass is 32.2. The van der Waals surface area contributed by atoms with Crippen molar-refractivity contribution in [3.05, 3.63) is 24.3 Å². The van der Waals surface area contributed by atoms with Crippen molar-refractivity contribution in [1.29, 1.82) is 0 Å². The first-order chi connectivity index (χ1) is 8.03. The molecule has 0 saturated carbocycles. The first-order valence-corrected chi connectivity index (χ1v) is 6.38. The topological polar surface area (TPSA) is 21.3 Å². The van der Waals surface area contributed by atoms with E-state index in [9.17, 15) is 13.2 Å². The molecule has 0 amide bonds. The average molecular weight is 263 g/mol. The molecule has 1 aliphatic heterocycles. The maximum atomic E-state index is 12.0. The standard InChI is InChI=1S/C11H12F3NOS/c12-11(13,14)16-10-3-1-2-8(6-10)15-9-4-5-17-7-9/h1-3,6,9,15H,4-5,7H2. The van der Waals surface area contributed by atoms with E-state index in [0.29, 0.717) is 11.7 Å². The smallest absolute Gasteiger partial charge is 0.406 e. The summed E-state index contributed by atoms with van der Waals surface area (Å²) >= 11 is 1.84. The van der Waals surface area contributed by atoms with E-state index < -0.39 is 6.36 Å². The number of alkyl halides is 3. The van der Waals surface area contributed by atoms with Gasteiger partial charge in [0.1, 0.15) is 5.75 Å². The number of hydrogen-bond acceptors (Lipinski definition) is 3. The molecular formula is C11H12F3NOS. The molecule has 0 aromatic heterocycles. The van der Waals surface area contributed by atoms with Gasteiger partial charge in [-0.15, -0.1) is 13.2 Å². The van der Waals surface area contributed by atoms with Gasteiger partial charge < -0.3 is 10.1 Å². The van der Waals surface area contributed by atoms with Crippen molar-refractivity contribution in [2.45, 2.75) is 18.8 Å². The number of thioether (sulfide) groups is 1. The fraction of sp³-hybridized carbons (Fsp3) is 0.455. The van der Waals surface area contributed by atoms with Crippen LogP contribution in [0.2, 0.25) is 0 Å². The number of halogens is 3. The van der Waals surface area contributed by atoms with E-state index in [4.69, 9.17) is 0 Å². The molecule has 17 heavy (non-hydrogen) atoms. The lowest BCUT2D eigenvalue weighted by molar-refractivity contribution is -0.274. The maximum Gasteiger partial charge on any atom is 0.573 e. The number of hydrogen-bond donors (Lipinski definition) is 1. The minimum absolute atomic E-state index is 0.187. The molecule has 1 aromatic rings. The number of nitrogens with one attached hydrogen (secondary N) is 1. The van der Waals surface area contributed by atoms with Gasteiger partial charge in [0.25, 0.3) is 0 Å². The third-order valence-electron chi connectivity index (χ3n) is 2.37. The fourth-order valence-corrected chi connectivity index (χ4v) is 2.82. The Balaban J connectivity index is 2.00. The summed E-state index contributed by atoms with van der Waals surface area (Å²) in [6.45, 7) is 0. The lowest BCUT2D eigenvalue weighted by atomic mass is 10.2. The van der Waals surface area contributed by atoms with Crippen molar-refractivity contribution < 1.29 is 17.9 Å². The van der Waals surface area contributed by atoms with Gasteiger partial charge in [-0.3, -0.25) is 0 Å². The van der Waals surface area contributed by atoms with Crippen molar-refractivity contribution in [1.82, 2.24) is 0 Å². The third-order valence-corrected chi connectivity index (χ3v) is 3.53. The van der Waals surface area contributed by atoms with E-state index in [1.807, 2.05) is 11.8 Å². The van der Waals surface area contributed by atoms with Crippen molar-refractivity contribution in [3.8, 4) is 5.75 Å². The predicted octanol–water partition coefficient (Wildman–Crippen LogP) is 3.50. The van der Waals surface area contributed by atoms with Crippen LogP contribution < -0.4 is 10.1 Å². The molecule has 1 fully saturated rings. The van der Waals surface area contributed by atoms with Crippen LogP contribution in [-0.4, -0.2) is 23.9 Å². The quantitative estimate of drug-likeness (QED) is 0.901. The SMILES string of the molecule is FC(F)(F)Oc1cccc(NC2CCSC2)c1. The Bertz CT molecular complexity index is 377. The second kappa shape index (κ2) is 5.08. The van der Waals surface area contributed by atoms with E-state index in [1.54, 1.807) is 12.1 Å². The molecule has 94 valence electrons. The first kappa shape index (κ1) is 12.4. The summed E-state index contributed by atoms with van der Waals surface area (Å²) in [5.41, 5.74) is 0.666. The molecule has 2 rings (SSSR count). The van der Waals surface area contributed by atoms with Gasteiger partial charge in [-0.05, 0) is 24.3 Å². The molecule has 0 aliphatic carbocycles. The fourth-order valence-electron chi connectivity index (χ4n) is 1.67. The largest absolute Gasteiger partial charge is 0.573 e. The van der Waals surface area contributed by atoms with Crippen LogP contribution in [0.5, 0.6) is 5.75 Å². The number of anilines is 1. The van der Waals surface area contributed by atoms with E-state index >= 15 is 0 Å². The molecule has 1 N–H and O–H groups in total. The summed E-state index contributed by atoms with van der Waals surface area (Å²) in [6, 6.07) is 6.29. The Morgan fingerprint density at radius 3 is 2.82 bits per heavy atom.